The molecule has 0 aliphatic rings. The van der Waals surface area contributed by atoms with Crippen LogP contribution in [0.25, 0.3) is 0 Å². The second kappa shape index (κ2) is 13.4. The van der Waals surface area contributed by atoms with Crippen molar-refractivity contribution in [2.45, 2.75) is 53.4 Å². The van der Waals surface area contributed by atoms with E-state index < -0.39 is 0 Å². The van der Waals surface area contributed by atoms with E-state index in [9.17, 15) is 0 Å². The van der Waals surface area contributed by atoms with Gasteiger partial charge in [-0.2, -0.15) is 0 Å². The maximum absolute atomic E-state index is 2.21. The first-order valence-corrected chi connectivity index (χ1v) is 8.31. The highest BCUT2D eigenvalue weighted by molar-refractivity contribution is 7.09. The van der Waals surface area contributed by atoms with Gasteiger partial charge in [0.15, 0.2) is 0 Å². The maximum Gasteiger partial charge on any atom is 0.00451 e. The van der Waals surface area contributed by atoms with Crippen molar-refractivity contribution >= 4 is 11.3 Å². The van der Waals surface area contributed by atoms with E-state index in [1.165, 1.54) is 36.1 Å². The number of rotatable bonds is 4. The van der Waals surface area contributed by atoms with E-state index in [2.05, 4.69) is 61.7 Å². The molecule has 0 spiro atoms. The van der Waals surface area contributed by atoms with Gasteiger partial charge in [-0.15, -0.1) is 11.3 Å². The van der Waals surface area contributed by atoms with Crippen molar-refractivity contribution in [1.82, 2.24) is 0 Å². The molecule has 0 bridgehead atoms. The van der Waals surface area contributed by atoms with Gasteiger partial charge in [-0.25, -0.2) is 0 Å². The van der Waals surface area contributed by atoms with Gasteiger partial charge in [0.05, 0.1) is 0 Å². The Morgan fingerprint density at radius 2 is 1.42 bits per heavy atom. The van der Waals surface area contributed by atoms with Crippen LogP contribution in [0.15, 0.2) is 47.8 Å². The maximum atomic E-state index is 2.21. The molecular weight excluding hydrogens is 248 g/mol. The van der Waals surface area contributed by atoms with Gasteiger partial charge in [-0.05, 0) is 29.9 Å². The van der Waals surface area contributed by atoms with Gasteiger partial charge >= 0.3 is 0 Å². The summed E-state index contributed by atoms with van der Waals surface area (Å²) >= 11 is 1.85. The van der Waals surface area contributed by atoms with E-state index in [-0.39, 0.29) is 0 Å². The minimum Gasteiger partial charge on any atom is -0.149 e. The molecule has 1 aromatic carbocycles. The molecule has 1 aromatic heterocycles. The molecule has 2 rings (SSSR count). The van der Waals surface area contributed by atoms with Crippen molar-refractivity contribution in [1.29, 1.82) is 0 Å². The summed E-state index contributed by atoms with van der Waals surface area (Å²) < 4.78 is 0. The number of aryl methyl sites for hydroxylation is 2. The molecule has 0 unspecified atom stereocenters. The molecule has 0 nitrogen and oxygen atoms in total. The highest BCUT2D eigenvalue weighted by Gasteiger charge is 1.87. The van der Waals surface area contributed by atoms with E-state index in [0.717, 1.165) is 0 Å². The van der Waals surface area contributed by atoms with Gasteiger partial charge in [-0.3, -0.25) is 0 Å². The lowest BCUT2D eigenvalue weighted by atomic mass is 10.1. The van der Waals surface area contributed by atoms with Gasteiger partial charge in [-0.1, -0.05) is 76.9 Å². The molecule has 0 saturated carbocycles. The molecule has 0 fully saturated rings. The molecule has 1 heterocycles. The molecule has 19 heavy (non-hydrogen) atoms. The third-order valence-electron chi connectivity index (χ3n) is 2.46. The van der Waals surface area contributed by atoms with Crippen LogP contribution in [-0.4, -0.2) is 0 Å². The summed E-state index contributed by atoms with van der Waals surface area (Å²) in [4.78, 5) is 1.51. The molecule has 106 valence electrons. The second-order valence-electron chi connectivity index (χ2n) is 4.06. The van der Waals surface area contributed by atoms with E-state index in [0.29, 0.717) is 0 Å². The first kappa shape index (κ1) is 17.9. The molecule has 2 aromatic rings. The van der Waals surface area contributed by atoms with E-state index >= 15 is 0 Å². The zero-order valence-corrected chi connectivity index (χ0v) is 13.7. The van der Waals surface area contributed by atoms with E-state index in [4.69, 9.17) is 0 Å². The fraction of sp³-hybridized carbons (Fsp3) is 0.444. The summed E-state index contributed by atoms with van der Waals surface area (Å²) in [5.74, 6) is 0. The molecule has 0 aliphatic heterocycles. The molecule has 0 aliphatic carbocycles. The quantitative estimate of drug-likeness (QED) is 0.609. The summed E-state index contributed by atoms with van der Waals surface area (Å²) in [7, 11) is 0. The molecule has 1 heteroatoms. The van der Waals surface area contributed by atoms with E-state index in [1.54, 1.807) is 0 Å². The van der Waals surface area contributed by atoms with Gasteiger partial charge in [0.25, 0.3) is 0 Å². The molecule has 0 amide bonds. The molecule has 0 N–H and O–H groups in total. The first-order chi connectivity index (χ1) is 9.36. The number of benzene rings is 1. The monoisotopic (exact) mass is 276 g/mol. The Morgan fingerprint density at radius 1 is 0.789 bits per heavy atom. The molecular formula is C18H28S. The molecule has 0 saturated heterocycles. The number of hydrogen-bond donors (Lipinski definition) is 0. The standard InChI is InChI=1S/C9H12.C7H10S.C2H6/c1-2-6-9-7-4-3-5-8-9;1-2-4-7-5-3-6-8-7;1-2/h3-5,7-8H,2,6H2,1H3;3,5-6H,2,4H2,1H3;1-2H3. The predicted molar refractivity (Wildman–Crippen MR) is 90.1 cm³/mol. The first-order valence-electron chi connectivity index (χ1n) is 7.43. The van der Waals surface area contributed by atoms with Crippen molar-refractivity contribution in [2.75, 3.05) is 0 Å². The second-order valence-corrected chi connectivity index (χ2v) is 5.10. The zero-order valence-electron chi connectivity index (χ0n) is 12.9. The summed E-state index contributed by atoms with van der Waals surface area (Å²) in [5.41, 5.74) is 1.44. The van der Waals surface area contributed by atoms with Crippen LogP contribution in [0.1, 0.15) is 51.0 Å². The topological polar surface area (TPSA) is 0 Å². The van der Waals surface area contributed by atoms with Crippen LogP contribution >= 0.6 is 11.3 Å². The lowest BCUT2D eigenvalue weighted by Gasteiger charge is -1.93. The van der Waals surface area contributed by atoms with Crippen LogP contribution in [0.5, 0.6) is 0 Å². The van der Waals surface area contributed by atoms with Crippen LogP contribution in [0.3, 0.4) is 0 Å². The van der Waals surface area contributed by atoms with E-state index in [1.807, 2.05) is 25.2 Å². The normalized spacial score (nSPS) is 8.84. The van der Waals surface area contributed by atoms with Crippen molar-refractivity contribution in [3.05, 3.63) is 58.3 Å². The summed E-state index contributed by atoms with van der Waals surface area (Å²) in [6.07, 6.45) is 4.96. The van der Waals surface area contributed by atoms with Crippen LogP contribution in [0, 0.1) is 0 Å². The lowest BCUT2D eigenvalue weighted by molar-refractivity contribution is 0.922. The Bertz CT molecular complexity index is 362. The van der Waals surface area contributed by atoms with Crippen LogP contribution < -0.4 is 0 Å². The summed E-state index contributed by atoms with van der Waals surface area (Å²) in [6.45, 7) is 8.41. The Kier molecular flexibility index (Phi) is 12.6. The Morgan fingerprint density at radius 3 is 1.89 bits per heavy atom. The minimum atomic E-state index is 1.21. The third-order valence-corrected chi connectivity index (χ3v) is 3.39. The smallest absolute Gasteiger partial charge is 0.00451 e. The van der Waals surface area contributed by atoms with Gasteiger partial charge in [0.2, 0.25) is 0 Å². The highest BCUT2D eigenvalue weighted by Crippen LogP contribution is 2.09. The number of thiophene rings is 1. The van der Waals surface area contributed by atoms with Crippen LogP contribution in [0.4, 0.5) is 0 Å². The minimum absolute atomic E-state index is 1.21. The predicted octanol–water partition coefficient (Wildman–Crippen LogP) is 6.37. The van der Waals surface area contributed by atoms with Crippen molar-refractivity contribution in [3.8, 4) is 0 Å². The van der Waals surface area contributed by atoms with Gasteiger partial charge < -0.3 is 0 Å². The van der Waals surface area contributed by atoms with Gasteiger partial charge in [0.1, 0.15) is 0 Å². The number of hydrogen-bond acceptors (Lipinski definition) is 1. The van der Waals surface area contributed by atoms with Crippen LogP contribution in [0.2, 0.25) is 0 Å². The summed E-state index contributed by atoms with van der Waals surface area (Å²) in [5, 5.41) is 2.13. The average molecular weight is 276 g/mol. The Labute approximate surface area is 123 Å². The fourth-order valence-corrected chi connectivity index (χ4v) is 2.45. The fourth-order valence-electron chi connectivity index (χ4n) is 1.63. The van der Waals surface area contributed by atoms with Crippen molar-refractivity contribution in [3.63, 3.8) is 0 Å². The SMILES string of the molecule is CC.CCCc1ccccc1.CCCc1cccs1. The molecule has 0 atom stereocenters. The van der Waals surface area contributed by atoms with Crippen molar-refractivity contribution in [2.24, 2.45) is 0 Å². The summed E-state index contributed by atoms with van der Waals surface area (Å²) in [6, 6.07) is 14.9. The Hall–Kier alpha value is -1.08. The average Bonchev–Trinajstić information content (AvgIpc) is 2.97. The van der Waals surface area contributed by atoms with Crippen molar-refractivity contribution < 1.29 is 0 Å². The molecule has 0 radical (unpaired) electrons. The highest BCUT2D eigenvalue weighted by atomic mass is 32.1. The largest absolute Gasteiger partial charge is 0.149 e. The van der Waals surface area contributed by atoms with Crippen LogP contribution in [-0.2, 0) is 12.8 Å². The Balaban J connectivity index is 0.000000303. The zero-order chi connectivity index (χ0) is 14.3. The lowest BCUT2D eigenvalue weighted by Crippen LogP contribution is -1.78. The third kappa shape index (κ3) is 9.49. The van der Waals surface area contributed by atoms with Gasteiger partial charge in [0, 0.05) is 4.88 Å².